The molecule has 98 valence electrons. The second kappa shape index (κ2) is 4.67. The SMILES string of the molecule is CC(C)N1CCC2(CC1)COCc1ccccc12. The summed E-state index contributed by atoms with van der Waals surface area (Å²) < 4.78 is 5.87. The molecule has 3 rings (SSSR count). The fourth-order valence-corrected chi connectivity index (χ4v) is 3.48. The van der Waals surface area contributed by atoms with Gasteiger partial charge in [-0.05, 0) is 50.9 Å². The molecular formula is C16H23NO. The molecule has 0 amide bonds. The van der Waals surface area contributed by atoms with E-state index in [4.69, 9.17) is 4.74 Å². The first-order valence-corrected chi connectivity index (χ1v) is 7.11. The van der Waals surface area contributed by atoms with E-state index in [1.807, 2.05) is 0 Å². The first kappa shape index (κ1) is 12.2. The van der Waals surface area contributed by atoms with Gasteiger partial charge in [0.1, 0.15) is 0 Å². The Morgan fingerprint density at radius 2 is 1.89 bits per heavy atom. The molecule has 18 heavy (non-hydrogen) atoms. The second-order valence-corrected chi connectivity index (χ2v) is 6.06. The van der Waals surface area contributed by atoms with Gasteiger partial charge in [0.2, 0.25) is 0 Å². The first-order chi connectivity index (χ1) is 8.71. The number of fused-ring (bicyclic) bond motifs is 2. The summed E-state index contributed by atoms with van der Waals surface area (Å²) in [5.74, 6) is 0. The van der Waals surface area contributed by atoms with E-state index in [-0.39, 0.29) is 0 Å². The zero-order valence-electron chi connectivity index (χ0n) is 11.5. The van der Waals surface area contributed by atoms with E-state index in [1.165, 1.54) is 31.5 Å². The summed E-state index contributed by atoms with van der Waals surface area (Å²) in [6.45, 7) is 8.71. The second-order valence-electron chi connectivity index (χ2n) is 6.06. The maximum atomic E-state index is 5.87. The molecule has 2 nitrogen and oxygen atoms in total. The highest BCUT2D eigenvalue weighted by atomic mass is 16.5. The molecule has 0 unspecified atom stereocenters. The average molecular weight is 245 g/mol. The van der Waals surface area contributed by atoms with Crippen LogP contribution in [0.15, 0.2) is 24.3 Å². The molecule has 1 aromatic rings. The van der Waals surface area contributed by atoms with Gasteiger partial charge in [-0.1, -0.05) is 24.3 Å². The lowest BCUT2D eigenvalue weighted by Gasteiger charge is -2.46. The van der Waals surface area contributed by atoms with Crippen molar-refractivity contribution in [3.63, 3.8) is 0 Å². The van der Waals surface area contributed by atoms with Crippen molar-refractivity contribution in [3.05, 3.63) is 35.4 Å². The fraction of sp³-hybridized carbons (Fsp3) is 0.625. The molecule has 0 aromatic heterocycles. The van der Waals surface area contributed by atoms with E-state index in [1.54, 1.807) is 5.56 Å². The highest BCUT2D eigenvalue weighted by Crippen LogP contribution is 2.40. The molecule has 2 heterocycles. The van der Waals surface area contributed by atoms with E-state index in [0.29, 0.717) is 11.5 Å². The maximum Gasteiger partial charge on any atom is 0.0720 e. The van der Waals surface area contributed by atoms with Crippen molar-refractivity contribution in [1.29, 1.82) is 0 Å². The Morgan fingerprint density at radius 1 is 1.17 bits per heavy atom. The van der Waals surface area contributed by atoms with Crippen molar-refractivity contribution in [2.75, 3.05) is 19.7 Å². The Morgan fingerprint density at radius 3 is 2.61 bits per heavy atom. The molecule has 2 aliphatic heterocycles. The Labute approximate surface area is 110 Å². The standard InChI is InChI=1S/C16H23NO/c1-13(2)17-9-7-16(8-10-17)12-18-11-14-5-3-4-6-15(14)16/h3-6,13H,7-12H2,1-2H3. The number of piperidine rings is 1. The zero-order valence-corrected chi connectivity index (χ0v) is 11.5. The predicted octanol–water partition coefficient (Wildman–Crippen LogP) is 2.96. The Hall–Kier alpha value is -0.860. The van der Waals surface area contributed by atoms with Crippen molar-refractivity contribution >= 4 is 0 Å². The minimum absolute atomic E-state index is 0.292. The lowest BCUT2D eigenvalue weighted by atomic mass is 9.70. The van der Waals surface area contributed by atoms with E-state index >= 15 is 0 Å². The third-order valence-electron chi connectivity index (χ3n) is 4.71. The average Bonchev–Trinajstić information content (AvgIpc) is 2.40. The van der Waals surface area contributed by atoms with Gasteiger partial charge in [0.15, 0.2) is 0 Å². The van der Waals surface area contributed by atoms with E-state index < -0.39 is 0 Å². The Balaban J connectivity index is 1.85. The van der Waals surface area contributed by atoms with E-state index in [0.717, 1.165) is 13.2 Å². The summed E-state index contributed by atoms with van der Waals surface area (Å²) in [6.07, 6.45) is 2.48. The zero-order chi connectivity index (χ0) is 12.6. The molecule has 0 atom stereocenters. The number of likely N-dealkylation sites (tertiary alicyclic amines) is 1. The molecule has 1 saturated heterocycles. The smallest absolute Gasteiger partial charge is 0.0720 e. The summed E-state index contributed by atoms with van der Waals surface area (Å²) >= 11 is 0. The van der Waals surface area contributed by atoms with Gasteiger partial charge in [0, 0.05) is 11.5 Å². The molecule has 0 radical (unpaired) electrons. The van der Waals surface area contributed by atoms with Crippen LogP contribution in [0.3, 0.4) is 0 Å². The molecule has 0 bridgehead atoms. The van der Waals surface area contributed by atoms with Crippen molar-refractivity contribution < 1.29 is 4.74 Å². The van der Waals surface area contributed by atoms with Gasteiger partial charge in [0.25, 0.3) is 0 Å². The molecule has 2 heteroatoms. The van der Waals surface area contributed by atoms with Crippen LogP contribution in [0.2, 0.25) is 0 Å². The lowest BCUT2D eigenvalue weighted by Crippen LogP contribution is -2.49. The number of benzene rings is 1. The van der Waals surface area contributed by atoms with Crippen LogP contribution >= 0.6 is 0 Å². The highest BCUT2D eigenvalue weighted by molar-refractivity contribution is 5.36. The van der Waals surface area contributed by atoms with Crippen molar-refractivity contribution in [1.82, 2.24) is 4.90 Å². The van der Waals surface area contributed by atoms with E-state index in [9.17, 15) is 0 Å². The number of rotatable bonds is 1. The molecule has 1 fully saturated rings. The predicted molar refractivity (Wildman–Crippen MR) is 73.7 cm³/mol. The van der Waals surface area contributed by atoms with Gasteiger partial charge >= 0.3 is 0 Å². The van der Waals surface area contributed by atoms with Crippen molar-refractivity contribution in [3.8, 4) is 0 Å². The van der Waals surface area contributed by atoms with Gasteiger partial charge in [-0.15, -0.1) is 0 Å². The van der Waals surface area contributed by atoms with Gasteiger partial charge in [-0.2, -0.15) is 0 Å². The summed E-state index contributed by atoms with van der Waals surface area (Å²) in [7, 11) is 0. The molecule has 0 saturated carbocycles. The van der Waals surface area contributed by atoms with Crippen LogP contribution in [0.1, 0.15) is 37.8 Å². The minimum atomic E-state index is 0.292. The summed E-state index contributed by atoms with van der Waals surface area (Å²) in [5.41, 5.74) is 3.25. The summed E-state index contributed by atoms with van der Waals surface area (Å²) in [6, 6.07) is 9.53. The molecule has 2 aliphatic rings. The highest BCUT2D eigenvalue weighted by Gasteiger charge is 2.40. The molecule has 1 spiro atoms. The number of ether oxygens (including phenoxy) is 1. The molecular weight excluding hydrogens is 222 g/mol. The number of hydrogen-bond donors (Lipinski definition) is 0. The van der Waals surface area contributed by atoms with Gasteiger partial charge in [-0.3, -0.25) is 0 Å². The molecule has 1 aromatic carbocycles. The summed E-state index contributed by atoms with van der Waals surface area (Å²) in [5, 5.41) is 0. The maximum absolute atomic E-state index is 5.87. The Kier molecular flexibility index (Phi) is 3.16. The molecule has 0 N–H and O–H groups in total. The number of nitrogens with zero attached hydrogens (tertiary/aromatic N) is 1. The van der Waals surface area contributed by atoms with Crippen LogP contribution in [-0.4, -0.2) is 30.6 Å². The van der Waals surface area contributed by atoms with Crippen LogP contribution in [0.5, 0.6) is 0 Å². The lowest BCUT2D eigenvalue weighted by molar-refractivity contribution is 0.0134. The quantitative estimate of drug-likeness (QED) is 0.754. The van der Waals surface area contributed by atoms with Crippen LogP contribution in [0, 0.1) is 0 Å². The van der Waals surface area contributed by atoms with Gasteiger partial charge < -0.3 is 9.64 Å². The van der Waals surface area contributed by atoms with Gasteiger partial charge in [0.05, 0.1) is 13.2 Å². The third kappa shape index (κ3) is 1.98. The largest absolute Gasteiger partial charge is 0.376 e. The van der Waals surface area contributed by atoms with Crippen LogP contribution < -0.4 is 0 Å². The first-order valence-electron chi connectivity index (χ1n) is 7.11. The van der Waals surface area contributed by atoms with Gasteiger partial charge in [-0.25, -0.2) is 0 Å². The fourth-order valence-electron chi connectivity index (χ4n) is 3.48. The summed E-state index contributed by atoms with van der Waals surface area (Å²) in [4.78, 5) is 2.59. The normalized spacial score (nSPS) is 23.3. The topological polar surface area (TPSA) is 12.5 Å². The van der Waals surface area contributed by atoms with Crippen molar-refractivity contribution in [2.24, 2.45) is 0 Å². The van der Waals surface area contributed by atoms with E-state index in [2.05, 4.69) is 43.0 Å². The minimum Gasteiger partial charge on any atom is -0.376 e. The third-order valence-corrected chi connectivity index (χ3v) is 4.71. The van der Waals surface area contributed by atoms with Crippen LogP contribution in [0.4, 0.5) is 0 Å². The number of hydrogen-bond acceptors (Lipinski definition) is 2. The van der Waals surface area contributed by atoms with Crippen LogP contribution in [-0.2, 0) is 16.8 Å². The monoisotopic (exact) mass is 245 g/mol. The molecule has 0 aliphatic carbocycles. The van der Waals surface area contributed by atoms with Crippen molar-refractivity contribution in [2.45, 2.75) is 44.8 Å². The van der Waals surface area contributed by atoms with Crippen LogP contribution in [0.25, 0.3) is 0 Å². The Bertz CT molecular complexity index is 419.